The minimum atomic E-state index is -2.20. The zero-order chi connectivity index (χ0) is 22.9. The SMILES string of the molecule is CC(=O)O[C@@H]1C[C@@H](C)O[C@]2(O[C@@H]3CC(=O)O[C@@H]3C3=C2C(=O)c2c(O)cccc2C3=O)[C@@H]1O. The van der Waals surface area contributed by atoms with Crippen LogP contribution in [0.1, 0.15) is 47.4 Å². The lowest BCUT2D eigenvalue weighted by atomic mass is 9.73. The summed E-state index contributed by atoms with van der Waals surface area (Å²) in [7, 11) is 0. The molecule has 10 heteroatoms. The number of fused-ring (bicyclic) bond motifs is 4. The number of hydrogen-bond donors (Lipinski definition) is 2. The number of Topliss-reactive ketones (excluding diaryl/α,β-unsaturated/α-hetero) is 2. The molecule has 32 heavy (non-hydrogen) atoms. The van der Waals surface area contributed by atoms with Gasteiger partial charge in [0.25, 0.3) is 0 Å². The van der Waals surface area contributed by atoms with E-state index in [0.717, 1.165) is 0 Å². The number of aromatic hydroxyl groups is 1. The van der Waals surface area contributed by atoms with Crippen LogP contribution in [-0.4, -0.2) is 70.0 Å². The number of carbonyl (C=O) groups is 4. The molecule has 0 aromatic heterocycles. The summed E-state index contributed by atoms with van der Waals surface area (Å²) in [4.78, 5) is 50.8. The number of hydrogen-bond acceptors (Lipinski definition) is 10. The number of ketones is 2. The van der Waals surface area contributed by atoms with Crippen LogP contribution < -0.4 is 0 Å². The van der Waals surface area contributed by atoms with Gasteiger partial charge in [0, 0.05) is 18.9 Å². The minimum absolute atomic E-state index is 0.0533. The third kappa shape index (κ3) is 2.76. The van der Waals surface area contributed by atoms with Gasteiger partial charge in [-0.2, -0.15) is 0 Å². The number of aliphatic hydroxyl groups excluding tert-OH is 1. The third-order valence-corrected chi connectivity index (χ3v) is 6.18. The molecular weight excluding hydrogens is 424 g/mol. The predicted octanol–water partition coefficient (Wildman–Crippen LogP) is 0.580. The summed E-state index contributed by atoms with van der Waals surface area (Å²) in [5.41, 5.74) is -0.837. The van der Waals surface area contributed by atoms with Crippen LogP contribution in [0.5, 0.6) is 5.75 Å². The van der Waals surface area contributed by atoms with Gasteiger partial charge in [0.15, 0.2) is 17.7 Å². The second kappa shape index (κ2) is 6.96. The molecule has 0 amide bonds. The lowest BCUT2D eigenvalue weighted by molar-refractivity contribution is -0.336. The van der Waals surface area contributed by atoms with Crippen LogP contribution in [0, 0.1) is 0 Å². The van der Waals surface area contributed by atoms with Crippen LogP contribution in [0.2, 0.25) is 0 Å². The van der Waals surface area contributed by atoms with E-state index in [0.29, 0.717) is 0 Å². The van der Waals surface area contributed by atoms with E-state index in [-0.39, 0.29) is 35.1 Å². The summed E-state index contributed by atoms with van der Waals surface area (Å²) < 4.78 is 22.6. The number of phenols is 1. The maximum atomic E-state index is 13.7. The molecular formula is C22H20O10. The molecule has 0 saturated carbocycles. The van der Waals surface area contributed by atoms with Crippen molar-refractivity contribution in [2.24, 2.45) is 0 Å². The zero-order valence-corrected chi connectivity index (χ0v) is 17.2. The first-order chi connectivity index (χ1) is 15.1. The van der Waals surface area contributed by atoms with Crippen LogP contribution in [0.3, 0.4) is 0 Å². The number of rotatable bonds is 1. The maximum absolute atomic E-state index is 13.7. The van der Waals surface area contributed by atoms with Crippen LogP contribution in [0.4, 0.5) is 0 Å². The Morgan fingerprint density at radius 2 is 1.94 bits per heavy atom. The van der Waals surface area contributed by atoms with Crippen LogP contribution in [-0.2, 0) is 28.5 Å². The first kappa shape index (κ1) is 20.8. The third-order valence-electron chi connectivity index (χ3n) is 6.18. The van der Waals surface area contributed by atoms with Crippen molar-refractivity contribution in [3.63, 3.8) is 0 Å². The second-order valence-electron chi connectivity index (χ2n) is 8.34. The highest BCUT2D eigenvalue weighted by Crippen LogP contribution is 2.51. The Morgan fingerprint density at radius 3 is 2.66 bits per heavy atom. The lowest BCUT2D eigenvalue weighted by Crippen LogP contribution is -2.66. The van der Waals surface area contributed by atoms with Crippen molar-refractivity contribution < 1.29 is 48.3 Å². The fourth-order valence-electron chi connectivity index (χ4n) is 5.01. The molecule has 6 atom stereocenters. The van der Waals surface area contributed by atoms with Crippen molar-refractivity contribution >= 4 is 23.5 Å². The van der Waals surface area contributed by atoms with Crippen molar-refractivity contribution in [2.75, 3.05) is 0 Å². The minimum Gasteiger partial charge on any atom is -0.507 e. The van der Waals surface area contributed by atoms with Crippen LogP contribution >= 0.6 is 0 Å². The van der Waals surface area contributed by atoms with Gasteiger partial charge in [-0.15, -0.1) is 0 Å². The van der Waals surface area contributed by atoms with Gasteiger partial charge in [-0.3, -0.25) is 19.2 Å². The fraction of sp³-hybridized carbons (Fsp3) is 0.455. The Morgan fingerprint density at radius 1 is 1.19 bits per heavy atom. The Labute approximate surface area is 181 Å². The lowest BCUT2D eigenvalue weighted by Gasteiger charge is -2.51. The zero-order valence-electron chi connectivity index (χ0n) is 17.2. The fourth-order valence-corrected chi connectivity index (χ4v) is 5.01. The van der Waals surface area contributed by atoms with Gasteiger partial charge < -0.3 is 29.2 Å². The van der Waals surface area contributed by atoms with E-state index in [1.54, 1.807) is 6.92 Å². The summed E-state index contributed by atoms with van der Waals surface area (Å²) in [6.07, 6.45) is -5.73. The van der Waals surface area contributed by atoms with Crippen molar-refractivity contribution in [2.45, 2.75) is 63.0 Å². The van der Waals surface area contributed by atoms with E-state index in [2.05, 4.69) is 0 Å². The Balaban J connectivity index is 1.75. The molecule has 10 nitrogen and oxygen atoms in total. The normalized spacial score (nSPS) is 35.8. The molecule has 168 valence electrons. The summed E-state index contributed by atoms with van der Waals surface area (Å²) in [6.45, 7) is 2.81. The van der Waals surface area contributed by atoms with Crippen LogP contribution in [0.25, 0.3) is 0 Å². The van der Waals surface area contributed by atoms with Gasteiger partial charge >= 0.3 is 11.9 Å². The van der Waals surface area contributed by atoms with E-state index in [1.807, 2.05) is 0 Å². The number of carbonyl (C=O) groups excluding carboxylic acids is 4. The van der Waals surface area contributed by atoms with Crippen molar-refractivity contribution in [1.29, 1.82) is 0 Å². The molecule has 2 saturated heterocycles. The summed E-state index contributed by atoms with van der Waals surface area (Å²) in [5, 5.41) is 21.6. The Hall–Kier alpha value is -3.08. The second-order valence-corrected chi connectivity index (χ2v) is 8.34. The highest BCUT2D eigenvalue weighted by molar-refractivity contribution is 6.29. The Bertz CT molecular complexity index is 1100. The molecule has 3 aliphatic heterocycles. The molecule has 1 aromatic carbocycles. The molecule has 1 spiro atoms. The predicted molar refractivity (Wildman–Crippen MR) is 103 cm³/mol. The summed E-state index contributed by atoms with van der Waals surface area (Å²) >= 11 is 0. The Kier molecular flexibility index (Phi) is 4.52. The molecule has 0 unspecified atom stereocenters. The van der Waals surface area contributed by atoms with E-state index < -0.39 is 65.6 Å². The molecule has 2 N–H and O–H groups in total. The maximum Gasteiger partial charge on any atom is 0.309 e. The molecule has 1 aromatic rings. The molecule has 5 rings (SSSR count). The topological polar surface area (TPSA) is 146 Å². The number of esters is 2. The average molecular weight is 444 g/mol. The van der Waals surface area contributed by atoms with Gasteiger partial charge in [-0.1, -0.05) is 12.1 Å². The number of benzene rings is 1. The monoisotopic (exact) mass is 444 g/mol. The van der Waals surface area contributed by atoms with E-state index in [4.69, 9.17) is 18.9 Å². The van der Waals surface area contributed by atoms with E-state index in [9.17, 15) is 29.4 Å². The standard InChI is InChI=1S/C22H20O10/c1-8-6-13(29-9(2)23)21(28)22(31-8)17-16(20-12(32-22)7-14(25)30-20)18(26)10-4-3-5-11(24)15(10)19(17)27/h3-5,8,12-13,20-21,24,28H,6-7H2,1-2H3/t8-,12-,13-,20+,21-,22-/m1/s1. The number of ether oxygens (including phenoxy) is 4. The van der Waals surface area contributed by atoms with Crippen molar-refractivity contribution in [3.8, 4) is 5.75 Å². The quantitative estimate of drug-likeness (QED) is 0.590. The highest BCUT2D eigenvalue weighted by atomic mass is 16.7. The summed E-state index contributed by atoms with van der Waals surface area (Å²) in [5.74, 6) is -5.37. The van der Waals surface area contributed by atoms with Gasteiger partial charge in [-0.25, -0.2) is 0 Å². The smallest absolute Gasteiger partial charge is 0.309 e. The number of aliphatic hydroxyl groups is 1. The van der Waals surface area contributed by atoms with Gasteiger partial charge in [0.1, 0.15) is 24.1 Å². The van der Waals surface area contributed by atoms with E-state index >= 15 is 0 Å². The number of phenolic OH excluding ortho intramolecular Hbond substituents is 1. The molecule has 1 aliphatic carbocycles. The summed E-state index contributed by atoms with van der Waals surface area (Å²) in [6, 6.07) is 4.06. The molecule has 3 heterocycles. The van der Waals surface area contributed by atoms with Crippen LogP contribution in [0.15, 0.2) is 29.3 Å². The van der Waals surface area contributed by atoms with Crippen molar-refractivity contribution in [1.82, 2.24) is 0 Å². The highest BCUT2D eigenvalue weighted by Gasteiger charge is 2.65. The molecule has 2 fully saturated rings. The van der Waals surface area contributed by atoms with Crippen molar-refractivity contribution in [3.05, 3.63) is 40.5 Å². The largest absolute Gasteiger partial charge is 0.507 e. The molecule has 0 radical (unpaired) electrons. The molecule has 4 aliphatic rings. The van der Waals surface area contributed by atoms with Gasteiger partial charge in [-0.05, 0) is 13.0 Å². The van der Waals surface area contributed by atoms with E-state index in [1.165, 1.54) is 25.1 Å². The average Bonchev–Trinajstić information content (AvgIpc) is 3.08. The van der Waals surface area contributed by atoms with Gasteiger partial charge in [0.2, 0.25) is 5.79 Å². The first-order valence-corrected chi connectivity index (χ1v) is 10.2. The molecule has 0 bridgehead atoms. The van der Waals surface area contributed by atoms with Gasteiger partial charge in [0.05, 0.1) is 29.2 Å². The first-order valence-electron chi connectivity index (χ1n) is 10.2.